The average molecular weight is 440 g/mol. The molecule has 164 valence electrons. The van der Waals surface area contributed by atoms with E-state index in [1.807, 2.05) is 18.2 Å². The lowest BCUT2D eigenvalue weighted by Crippen LogP contribution is -2.49. The Labute approximate surface area is 190 Å². The largest absolute Gasteiger partial charge is 0.354 e. The summed E-state index contributed by atoms with van der Waals surface area (Å²) in [5.41, 5.74) is 1.14. The average Bonchev–Trinajstić information content (AvgIpc) is 2.81. The molecule has 2 aromatic rings. The van der Waals surface area contributed by atoms with Gasteiger partial charge in [-0.3, -0.25) is 0 Å². The Balaban J connectivity index is 0.000000181. The summed E-state index contributed by atoms with van der Waals surface area (Å²) >= 11 is 5.45. The highest BCUT2D eigenvalue weighted by atomic mass is 35.5. The van der Waals surface area contributed by atoms with Crippen LogP contribution in [-0.2, 0) is 0 Å². The van der Waals surface area contributed by atoms with Crippen LogP contribution >= 0.6 is 11.6 Å². The molecule has 2 aromatic heterocycles. The van der Waals surface area contributed by atoms with Crippen LogP contribution in [0.15, 0.2) is 36.7 Å². The highest BCUT2D eigenvalue weighted by Crippen LogP contribution is 2.13. The Hall–Kier alpha value is -2.71. The lowest BCUT2D eigenvalue weighted by molar-refractivity contribution is 0.405. The van der Waals surface area contributed by atoms with E-state index < -0.39 is 0 Å². The molecule has 2 atom stereocenters. The molecule has 0 aromatic carbocycles. The molecule has 2 saturated heterocycles. The molecule has 2 unspecified atom stereocenters. The summed E-state index contributed by atoms with van der Waals surface area (Å²) in [7, 11) is 0. The predicted molar refractivity (Wildman–Crippen MR) is 124 cm³/mol. The second-order valence-corrected chi connectivity index (χ2v) is 8.14. The van der Waals surface area contributed by atoms with Crippen molar-refractivity contribution in [3.8, 4) is 12.1 Å². The first-order chi connectivity index (χ1) is 15.0. The van der Waals surface area contributed by atoms with Crippen molar-refractivity contribution < 1.29 is 0 Å². The van der Waals surface area contributed by atoms with Crippen molar-refractivity contribution in [2.75, 3.05) is 37.6 Å². The van der Waals surface area contributed by atoms with E-state index in [0.717, 1.165) is 31.4 Å². The van der Waals surface area contributed by atoms with E-state index in [1.165, 1.54) is 32.1 Å². The van der Waals surface area contributed by atoms with E-state index in [4.69, 9.17) is 22.1 Å². The molecule has 0 saturated carbocycles. The number of rotatable bonds is 1. The molecule has 2 aliphatic rings. The fourth-order valence-electron chi connectivity index (χ4n) is 3.25. The summed E-state index contributed by atoms with van der Waals surface area (Å²) in [6.45, 7) is 9.87. The van der Waals surface area contributed by atoms with Crippen LogP contribution in [0.5, 0.6) is 0 Å². The van der Waals surface area contributed by atoms with Gasteiger partial charge in [-0.05, 0) is 63.0 Å². The van der Waals surface area contributed by atoms with Gasteiger partial charge in [-0.15, -0.1) is 0 Å². The maximum atomic E-state index is 8.67. The topological polar surface area (TPSA) is 101 Å². The van der Waals surface area contributed by atoms with Gasteiger partial charge in [-0.25, -0.2) is 9.97 Å². The third-order valence-corrected chi connectivity index (χ3v) is 5.19. The Morgan fingerprint density at radius 1 is 1.03 bits per heavy atom. The van der Waals surface area contributed by atoms with E-state index in [9.17, 15) is 0 Å². The second kappa shape index (κ2) is 13.6. The molecule has 0 bridgehead atoms. The number of hydrogen-bond donors (Lipinski definition) is 2. The Bertz CT molecular complexity index is 849. The normalized spacial score (nSPS) is 20.1. The number of anilines is 1. The summed E-state index contributed by atoms with van der Waals surface area (Å²) in [5, 5.41) is 24.1. The van der Waals surface area contributed by atoms with Crippen LogP contribution in [-0.4, -0.2) is 48.7 Å². The van der Waals surface area contributed by atoms with Crippen LogP contribution in [0.3, 0.4) is 0 Å². The fraction of sp³-hybridized carbons (Fsp3) is 0.478. The van der Waals surface area contributed by atoms with Crippen LogP contribution in [0.2, 0.25) is 5.15 Å². The molecule has 2 N–H and O–H groups in total. The van der Waals surface area contributed by atoms with Gasteiger partial charge in [0, 0.05) is 38.1 Å². The van der Waals surface area contributed by atoms with Gasteiger partial charge in [0.2, 0.25) is 0 Å². The molecule has 4 heterocycles. The van der Waals surface area contributed by atoms with E-state index >= 15 is 0 Å². The molecule has 4 rings (SSSR count). The molecule has 2 aliphatic heterocycles. The number of piperazine rings is 1. The first kappa shape index (κ1) is 24.6. The number of piperidine rings is 1. The third-order valence-electron chi connectivity index (χ3n) is 4.97. The van der Waals surface area contributed by atoms with Crippen molar-refractivity contribution in [3.63, 3.8) is 0 Å². The molecule has 31 heavy (non-hydrogen) atoms. The summed E-state index contributed by atoms with van der Waals surface area (Å²) in [6, 6.07) is 11.4. The summed E-state index contributed by atoms with van der Waals surface area (Å²) in [6.07, 6.45) is 5.86. The Kier molecular flexibility index (Phi) is 10.7. The van der Waals surface area contributed by atoms with Crippen molar-refractivity contribution in [3.05, 3.63) is 52.9 Å². The summed E-state index contributed by atoms with van der Waals surface area (Å²) in [5.74, 6) is 1.89. The minimum Gasteiger partial charge on any atom is -0.354 e. The maximum absolute atomic E-state index is 8.67. The zero-order chi connectivity index (χ0) is 22.5. The summed E-state index contributed by atoms with van der Waals surface area (Å²) < 4.78 is 0. The number of hydrogen-bond acceptors (Lipinski definition) is 7. The molecule has 0 spiro atoms. The number of aromatic nitrogens is 2. The molecule has 7 nitrogen and oxygen atoms in total. The van der Waals surface area contributed by atoms with E-state index in [0.29, 0.717) is 22.3 Å². The highest BCUT2D eigenvalue weighted by Gasteiger charge is 2.16. The summed E-state index contributed by atoms with van der Waals surface area (Å²) in [4.78, 5) is 10.2. The van der Waals surface area contributed by atoms with Crippen LogP contribution in [0.4, 0.5) is 5.82 Å². The highest BCUT2D eigenvalue weighted by molar-refractivity contribution is 6.29. The molecular formula is C23H30ClN7. The number of nitrogens with one attached hydrogen (secondary N) is 2. The fourth-order valence-corrected chi connectivity index (χ4v) is 3.36. The van der Waals surface area contributed by atoms with Gasteiger partial charge >= 0.3 is 0 Å². The minimum absolute atomic E-state index is 0.411. The first-order valence-electron chi connectivity index (χ1n) is 10.6. The van der Waals surface area contributed by atoms with Gasteiger partial charge in [-0.1, -0.05) is 18.5 Å². The van der Waals surface area contributed by atoms with Gasteiger partial charge in [0.25, 0.3) is 0 Å². The maximum Gasteiger partial charge on any atom is 0.129 e. The quantitative estimate of drug-likeness (QED) is 0.657. The minimum atomic E-state index is 0.411. The van der Waals surface area contributed by atoms with Crippen molar-refractivity contribution >= 4 is 17.4 Å². The Morgan fingerprint density at radius 3 is 2.19 bits per heavy atom. The first-order valence-corrected chi connectivity index (χ1v) is 11.0. The molecule has 8 heteroatoms. The third kappa shape index (κ3) is 9.31. The zero-order valence-electron chi connectivity index (χ0n) is 18.2. The van der Waals surface area contributed by atoms with Gasteiger partial charge in [0.05, 0.1) is 11.1 Å². The zero-order valence-corrected chi connectivity index (χ0v) is 18.9. The lowest BCUT2D eigenvalue weighted by Gasteiger charge is -2.32. The Morgan fingerprint density at radius 2 is 1.74 bits per heavy atom. The van der Waals surface area contributed by atoms with E-state index in [2.05, 4.69) is 45.4 Å². The molecular weight excluding hydrogens is 410 g/mol. The van der Waals surface area contributed by atoms with E-state index in [-0.39, 0.29) is 0 Å². The van der Waals surface area contributed by atoms with Gasteiger partial charge in [-0.2, -0.15) is 10.5 Å². The van der Waals surface area contributed by atoms with Gasteiger partial charge < -0.3 is 15.5 Å². The van der Waals surface area contributed by atoms with E-state index in [1.54, 1.807) is 18.3 Å². The standard InChI is InChI=1S/C11H14N4.C6H3ClN2.C6H13N/c1-9-8-15(5-4-13-9)11-3-2-10(6-12)7-14-11;7-6-2-1-5(3-8)4-9-6;1-6-3-2-4-7-5-6/h2-3,7,9,13H,4-5,8H2,1H3;1-2,4H;6-7H,2-5H2,1H3. The van der Waals surface area contributed by atoms with Crippen LogP contribution in [0.1, 0.15) is 37.8 Å². The second-order valence-electron chi connectivity index (χ2n) is 7.75. The van der Waals surface area contributed by atoms with Gasteiger partial charge in [0.15, 0.2) is 0 Å². The monoisotopic (exact) mass is 439 g/mol. The predicted octanol–water partition coefficient (Wildman–Crippen LogP) is 3.36. The van der Waals surface area contributed by atoms with Crippen LogP contribution < -0.4 is 15.5 Å². The lowest BCUT2D eigenvalue weighted by atomic mass is 10.0. The number of nitrogens with zero attached hydrogens (tertiary/aromatic N) is 5. The molecule has 0 aliphatic carbocycles. The molecule has 2 fully saturated rings. The van der Waals surface area contributed by atoms with Crippen LogP contribution in [0, 0.1) is 28.6 Å². The number of nitriles is 2. The smallest absolute Gasteiger partial charge is 0.129 e. The molecule has 0 amide bonds. The van der Waals surface area contributed by atoms with Crippen molar-refractivity contribution in [1.82, 2.24) is 20.6 Å². The SMILES string of the molecule is CC1CCCNC1.CC1CN(c2ccc(C#N)cn2)CCN1.N#Cc1ccc(Cl)nc1. The van der Waals surface area contributed by atoms with Crippen molar-refractivity contribution in [1.29, 1.82) is 10.5 Å². The van der Waals surface area contributed by atoms with Gasteiger partial charge in [0.1, 0.15) is 23.1 Å². The number of pyridine rings is 2. The van der Waals surface area contributed by atoms with Crippen LogP contribution in [0.25, 0.3) is 0 Å². The number of halogens is 1. The van der Waals surface area contributed by atoms with Crippen molar-refractivity contribution in [2.45, 2.75) is 32.7 Å². The van der Waals surface area contributed by atoms with Crippen molar-refractivity contribution in [2.24, 2.45) is 5.92 Å². The molecule has 0 radical (unpaired) electrons.